The molecule has 108 valence electrons. The van der Waals surface area contributed by atoms with Crippen LogP contribution >= 0.6 is 11.3 Å². The summed E-state index contributed by atoms with van der Waals surface area (Å²) in [4.78, 5) is 1.32. The fraction of sp³-hybridized carbons (Fsp3) is 0.444. The van der Waals surface area contributed by atoms with Gasteiger partial charge in [0.2, 0.25) is 0 Å². The Bertz CT molecular complexity index is 608. The third-order valence-corrected chi connectivity index (χ3v) is 5.86. The van der Waals surface area contributed by atoms with Gasteiger partial charge in [-0.3, -0.25) is 0 Å². The van der Waals surface area contributed by atoms with Gasteiger partial charge in [-0.15, -0.1) is 11.3 Å². The molecule has 0 saturated carbocycles. The standard InChI is InChI=1S/C18H25NS/c1-7-15-8-9-20-18(15)17(19)16-13(5)11(3)10(2)12(4)14(16)6/h8-9,17H,7,19H2,1-6H3. The van der Waals surface area contributed by atoms with E-state index in [-0.39, 0.29) is 6.04 Å². The Morgan fingerprint density at radius 2 is 1.45 bits per heavy atom. The predicted octanol–water partition coefficient (Wildman–Crippen LogP) is 4.90. The van der Waals surface area contributed by atoms with Gasteiger partial charge in [-0.2, -0.15) is 0 Å². The molecular formula is C18H25NS. The lowest BCUT2D eigenvalue weighted by atomic mass is 9.85. The second kappa shape index (κ2) is 5.71. The fourth-order valence-corrected chi connectivity index (χ4v) is 4.05. The Labute approximate surface area is 126 Å². The maximum atomic E-state index is 6.64. The number of rotatable bonds is 3. The third kappa shape index (κ3) is 2.32. The zero-order valence-corrected chi connectivity index (χ0v) is 14.2. The van der Waals surface area contributed by atoms with Gasteiger partial charge < -0.3 is 5.73 Å². The predicted molar refractivity (Wildman–Crippen MR) is 89.9 cm³/mol. The second-order valence-corrected chi connectivity index (χ2v) is 6.63. The summed E-state index contributed by atoms with van der Waals surface area (Å²) in [5.41, 5.74) is 16.2. The lowest BCUT2D eigenvalue weighted by molar-refractivity contribution is 0.846. The Morgan fingerprint density at radius 3 is 1.95 bits per heavy atom. The second-order valence-electron chi connectivity index (χ2n) is 5.68. The van der Waals surface area contributed by atoms with Crippen LogP contribution in [0, 0.1) is 34.6 Å². The van der Waals surface area contributed by atoms with Crippen LogP contribution in [0.1, 0.15) is 56.8 Å². The maximum absolute atomic E-state index is 6.64. The molecule has 0 radical (unpaired) electrons. The Balaban J connectivity index is 2.64. The average molecular weight is 287 g/mol. The largest absolute Gasteiger partial charge is 0.320 e. The number of nitrogens with two attached hydrogens (primary N) is 1. The molecule has 1 unspecified atom stereocenters. The number of aryl methyl sites for hydroxylation is 1. The van der Waals surface area contributed by atoms with Crippen molar-refractivity contribution in [2.24, 2.45) is 5.73 Å². The van der Waals surface area contributed by atoms with Crippen molar-refractivity contribution in [3.05, 3.63) is 55.3 Å². The molecule has 0 aliphatic heterocycles. The lowest BCUT2D eigenvalue weighted by Gasteiger charge is -2.23. The van der Waals surface area contributed by atoms with Gasteiger partial charge in [0.15, 0.2) is 0 Å². The SMILES string of the molecule is CCc1ccsc1C(N)c1c(C)c(C)c(C)c(C)c1C. The monoisotopic (exact) mass is 287 g/mol. The first-order valence-electron chi connectivity index (χ1n) is 7.28. The topological polar surface area (TPSA) is 26.0 Å². The molecule has 2 aromatic rings. The molecule has 2 heteroatoms. The summed E-state index contributed by atoms with van der Waals surface area (Å²) in [5, 5.41) is 2.16. The summed E-state index contributed by atoms with van der Waals surface area (Å²) in [6, 6.07) is 2.21. The van der Waals surface area contributed by atoms with Gasteiger partial charge in [0.25, 0.3) is 0 Å². The van der Waals surface area contributed by atoms with Crippen LogP contribution < -0.4 is 5.73 Å². The van der Waals surface area contributed by atoms with Crippen molar-refractivity contribution in [1.82, 2.24) is 0 Å². The van der Waals surface area contributed by atoms with Crippen molar-refractivity contribution in [2.75, 3.05) is 0 Å². The molecule has 1 atom stereocenters. The van der Waals surface area contributed by atoms with Crippen LogP contribution in [-0.2, 0) is 6.42 Å². The summed E-state index contributed by atoms with van der Waals surface area (Å²) >= 11 is 1.79. The van der Waals surface area contributed by atoms with Crippen molar-refractivity contribution < 1.29 is 0 Å². The molecule has 1 heterocycles. The van der Waals surface area contributed by atoms with Crippen LogP contribution in [0.4, 0.5) is 0 Å². The highest BCUT2D eigenvalue weighted by atomic mass is 32.1. The van der Waals surface area contributed by atoms with Crippen molar-refractivity contribution in [3.8, 4) is 0 Å². The van der Waals surface area contributed by atoms with Gasteiger partial charge in [0.1, 0.15) is 0 Å². The smallest absolute Gasteiger partial charge is 0.0654 e. The Hall–Kier alpha value is -1.12. The molecule has 0 amide bonds. The van der Waals surface area contributed by atoms with E-state index >= 15 is 0 Å². The molecule has 2 rings (SSSR count). The van der Waals surface area contributed by atoms with E-state index in [2.05, 4.69) is 53.0 Å². The van der Waals surface area contributed by atoms with E-state index in [1.54, 1.807) is 11.3 Å². The first-order chi connectivity index (χ1) is 9.40. The minimum Gasteiger partial charge on any atom is -0.320 e. The molecule has 0 aliphatic rings. The highest BCUT2D eigenvalue weighted by Crippen LogP contribution is 2.35. The number of thiophene rings is 1. The molecule has 0 fully saturated rings. The minimum atomic E-state index is 0.00273. The van der Waals surface area contributed by atoms with Crippen LogP contribution in [0.5, 0.6) is 0 Å². The van der Waals surface area contributed by atoms with Crippen molar-refractivity contribution in [2.45, 2.75) is 54.0 Å². The van der Waals surface area contributed by atoms with E-state index in [1.165, 1.54) is 43.8 Å². The molecule has 0 bridgehead atoms. The molecule has 1 aromatic heterocycles. The summed E-state index contributed by atoms with van der Waals surface area (Å²) in [6.45, 7) is 13.3. The average Bonchev–Trinajstić information content (AvgIpc) is 2.91. The van der Waals surface area contributed by atoms with E-state index in [1.807, 2.05) is 0 Å². The van der Waals surface area contributed by atoms with Crippen molar-refractivity contribution >= 4 is 11.3 Å². The molecule has 0 aliphatic carbocycles. The molecule has 1 aromatic carbocycles. The van der Waals surface area contributed by atoms with Gasteiger partial charge in [-0.05, 0) is 91.4 Å². The molecule has 2 N–H and O–H groups in total. The molecular weight excluding hydrogens is 262 g/mol. The molecule has 0 spiro atoms. The van der Waals surface area contributed by atoms with Crippen LogP contribution in [-0.4, -0.2) is 0 Å². The van der Waals surface area contributed by atoms with Crippen LogP contribution in [0.2, 0.25) is 0 Å². The summed E-state index contributed by atoms with van der Waals surface area (Å²) in [5.74, 6) is 0. The summed E-state index contributed by atoms with van der Waals surface area (Å²) in [6.07, 6.45) is 1.05. The first-order valence-corrected chi connectivity index (χ1v) is 8.16. The van der Waals surface area contributed by atoms with Crippen LogP contribution in [0.3, 0.4) is 0 Å². The maximum Gasteiger partial charge on any atom is 0.0654 e. The number of hydrogen-bond donors (Lipinski definition) is 1. The van der Waals surface area contributed by atoms with Gasteiger partial charge in [-0.1, -0.05) is 6.92 Å². The Morgan fingerprint density at radius 1 is 0.950 bits per heavy atom. The highest BCUT2D eigenvalue weighted by Gasteiger charge is 2.21. The van der Waals surface area contributed by atoms with Gasteiger partial charge in [0, 0.05) is 4.88 Å². The quantitative estimate of drug-likeness (QED) is 0.853. The van der Waals surface area contributed by atoms with Crippen LogP contribution in [0.15, 0.2) is 11.4 Å². The minimum absolute atomic E-state index is 0.00273. The van der Waals surface area contributed by atoms with Crippen LogP contribution in [0.25, 0.3) is 0 Å². The lowest BCUT2D eigenvalue weighted by Crippen LogP contribution is -2.17. The number of hydrogen-bond acceptors (Lipinski definition) is 2. The van der Waals surface area contributed by atoms with Gasteiger partial charge >= 0.3 is 0 Å². The zero-order valence-electron chi connectivity index (χ0n) is 13.4. The summed E-state index contributed by atoms with van der Waals surface area (Å²) < 4.78 is 0. The molecule has 1 nitrogen and oxygen atoms in total. The van der Waals surface area contributed by atoms with E-state index in [9.17, 15) is 0 Å². The van der Waals surface area contributed by atoms with E-state index in [0.717, 1.165) is 6.42 Å². The fourth-order valence-electron chi connectivity index (χ4n) is 3.04. The van der Waals surface area contributed by atoms with Crippen molar-refractivity contribution in [3.63, 3.8) is 0 Å². The zero-order chi connectivity index (χ0) is 15.0. The normalized spacial score (nSPS) is 12.8. The van der Waals surface area contributed by atoms with E-state index in [0.29, 0.717) is 0 Å². The number of benzene rings is 1. The molecule has 20 heavy (non-hydrogen) atoms. The molecule has 0 saturated heterocycles. The van der Waals surface area contributed by atoms with E-state index in [4.69, 9.17) is 5.73 Å². The van der Waals surface area contributed by atoms with Gasteiger partial charge in [0.05, 0.1) is 6.04 Å². The van der Waals surface area contributed by atoms with Crippen molar-refractivity contribution in [1.29, 1.82) is 0 Å². The third-order valence-electron chi connectivity index (χ3n) is 4.81. The Kier molecular flexibility index (Phi) is 4.36. The highest BCUT2D eigenvalue weighted by molar-refractivity contribution is 7.10. The first kappa shape index (κ1) is 15.3. The summed E-state index contributed by atoms with van der Waals surface area (Å²) in [7, 11) is 0. The van der Waals surface area contributed by atoms with E-state index < -0.39 is 0 Å². The van der Waals surface area contributed by atoms with Gasteiger partial charge in [-0.25, -0.2) is 0 Å².